The van der Waals surface area contributed by atoms with E-state index in [2.05, 4.69) is 19.2 Å². The van der Waals surface area contributed by atoms with Crippen LogP contribution in [0.5, 0.6) is 0 Å². The van der Waals surface area contributed by atoms with Crippen molar-refractivity contribution in [2.75, 3.05) is 6.54 Å². The van der Waals surface area contributed by atoms with Crippen LogP contribution in [0.4, 0.5) is 0 Å². The van der Waals surface area contributed by atoms with Gasteiger partial charge in [-0.05, 0) is 44.9 Å². The summed E-state index contributed by atoms with van der Waals surface area (Å²) in [6, 6.07) is 0. The van der Waals surface area contributed by atoms with Crippen LogP contribution in [0.15, 0.2) is 11.1 Å². The van der Waals surface area contributed by atoms with Gasteiger partial charge < -0.3 is 10.1 Å². The van der Waals surface area contributed by atoms with Crippen molar-refractivity contribution in [3.8, 4) is 0 Å². The van der Waals surface area contributed by atoms with Crippen LogP contribution in [0.1, 0.15) is 65.7 Å². The van der Waals surface area contributed by atoms with Gasteiger partial charge in [-0.1, -0.05) is 26.7 Å². The van der Waals surface area contributed by atoms with Gasteiger partial charge in [0, 0.05) is 12.1 Å². The molecule has 0 bridgehead atoms. The van der Waals surface area contributed by atoms with E-state index in [0.29, 0.717) is 23.6 Å². The Labute approximate surface area is 127 Å². The monoisotopic (exact) mass is 293 g/mol. The van der Waals surface area contributed by atoms with E-state index in [4.69, 9.17) is 4.74 Å². The highest BCUT2D eigenvalue weighted by molar-refractivity contribution is 6.07. The topological polar surface area (TPSA) is 55.4 Å². The van der Waals surface area contributed by atoms with E-state index in [1.54, 1.807) is 6.92 Å². The minimum Gasteiger partial charge on any atom is -0.451 e. The number of rotatable bonds is 4. The van der Waals surface area contributed by atoms with Crippen molar-refractivity contribution in [3.63, 3.8) is 0 Å². The SMILES string of the molecule is CC1=C(C(=O)NCCC(C)C)C2(CCCCCC2)OC1=O. The smallest absolute Gasteiger partial charge is 0.335 e. The molecule has 4 heteroatoms. The molecule has 1 saturated carbocycles. The Bertz CT molecular complexity index is 443. The molecule has 0 atom stereocenters. The second-order valence-electron chi connectivity index (χ2n) is 6.74. The first-order valence-electron chi connectivity index (χ1n) is 8.19. The maximum absolute atomic E-state index is 12.6. The van der Waals surface area contributed by atoms with Gasteiger partial charge in [-0.3, -0.25) is 4.79 Å². The van der Waals surface area contributed by atoms with E-state index in [-0.39, 0.29) is 11.9 Å². The Hall–Kier alpha value is -1.32. The summed E-state index contributed by atoms with van der Waals surface area (Å²) in [5.41, 5.74) is 0.441. The zero-order chi connectivity index (χ0) is 15.5. The van der Waals surface area contributed by atoms with Gasteiger partial charge in [0.2, 0.25) is 0 Å². The third kappa shape index (κ3) is 3.47. The minimum atomic E-state index is -0.653. The molecule has 1 aliphatic carbocycles. The van der Waals surface area contributed by atoms with Crippen LogP contribution in [-0.2, 0) is 14.3 Å². The Morgan fingerprint density at radius 1 is 1.24 bits per heavy atom. The third-order valence-corrected chi connectivity index (χ3v) is 4.57. The molecule has 1 heterocycles. The predicted molar refractivity (Wildman–Crippen MR) is 81.7 cm³/mol. The van der Waals surface area contributed by atoms with Crippen molar-refractivity contribution in [1.29, 1.82) is 0 Å². The first-order chi connectivity index (χ1) is 9.96. The van der Waals surface area contributed by atoms with Crippen LogP contribution >= 0.6 is 0 Å². The molecule has 1 N–H and O–H groups in total. The lowest BCUT2D eigenvalue weighted by atomic mass is 9.84. The maximum atomic E-state index is 12.6. The Morgan fingerprint density at radius 3 is 2.43 bits per heavy atom. The number of amides is 1. The maximum Gasteiger partial charge on any atom is 0.335 e. The lowest BCUT2D eigenvalue weighted by molar-refractivity contribution is -0.148. The number of carbonyl (C=O) groups excluding carboxylic acids is 2. The average Bonchev–Trinajstić information content (AvgIpc) is 2.56. The molecule has 118 valence electrons. The first-order valence-corrected chi connectivity index (χ1v) is 8.19. The summed E-state index contributed by atoms with van der Waals surface area (Å²) in [5.74, 6) is 0.125. The third-order valence-electron chi connectivity index (χ3n) is 4.57. The molecule has 1 spiro atoms. The number of ether oxygens (including phenoxy) is 1. The molecule has 21 heavy (non-hydrogen) atoms. The zero-order valence-electron chi connectivity index (χ0n) is 13.5. The van der Waals surface area contributed by atoms with E-state index >= 15 is 0 Å². The van der Waals surface area contributed by atoms with E-state index in [1.807, 2.05) is 0 Å². The van der Waals surface area contributed by atoms with Crippen LogP contribution in [0, 0.1) is 5.92 Å². The first kappa shape index (κ1) is 16.1. The van der Waals surface area contributed by atoms with Gasteiger partial charge >= 0.3 is 5.97 Å². The van der Waals surface area contributed by atoms with Crippen LogP contribution in [-0.4, -0.2) is 24.0 Å². The predicted octanol–water partition coefficient (Wildman–Crippen LogP) is 3.12. The van der Waals surface area contributed by atoms with Gasteiger partial charge in [-0.2, -0.15) is 0 Å². The Balaban J connectivity index is 2.15. The second-order valence-corrected chi connectivity index (χ2v) is 6.74. The van der Waals surface area contributed by atoms with Crippen LogP contribution in [0.3, 0.4) is 0 Å². The molecule has 0 radical (unpaired) electrons. The molecule has 1 aliphatic heterocycles. The van der Waals surface area contributed by atoms with Crippen molar-refractivity contribution >= 4 is 11.9 Å². The Kier molecular flexibility index (Phi) is 5.07. The van der Waals surface area contributed by atoms with Crippen LogP contribution in [0.2, 0.25) is 0 Å². The summed E-state index contributed by atoms with van der Waals surface area (Å²) >= 11 is 0. The summed E-state index contributed by atoms with van der Waals surface area (Å²) in [4.78, 5) is 24.6. The molecule has 0 saturated heterocycles. The van der Waals surface area contributed by atoms with Gasteiger partial charge in [0.05, 0.1) is 5.57 Å². The molecule has 0 unspecified atom stereocenters. The summed E-state index contributed by atoms with van der Waals surface area (Å²) in [6.07, 6.45) is 6.85. The molecular formula is C17H27NO3. The number of hydrogen-bond acceptors (Lipinski definition) is 3. The van der Waals surface area contributed by atoms with Gasteiger partial charge in [-0.15, -0.1) is 0 Å². The van der Waals surface area contributed by atoms with Crippen molar-refractivity contribution in [2.45, 2.75) is 71.3 Å². The fourth-order valence-corrected chi connectivity index (χ4v) is 3.34. The second kappa shape index (κ2) is 6.63. The lowest BCUT2D eigenvalue weighted by Gasteiger charge is -2.29. The van der Waals surface area contributed by atoms with Gasteiger partial charge in [-0.25, -0.2) is 4.79 Å². The minimum absolute atomic E-state index is 0.110. The van der Waals surface area contributed by atoms with Crippen molar-refractivity contribution in [3.05, 3.63) is 11.1 Å². The number of nitrogens with one attached hydrogen (secondary N) is 1. The normalized spacial score (nSPS) is 21.6. The molecule has 4 nitrogen and oxygen atoms in total. The number of esters is 1. The van der Waals surface area contributed by atoms with E-state index in [0.717, 1.165) is 44.9 Å². The molecule has 0 aromatic rings. The van der Waals surface area contributed by atoms with Gasteiger partial charge in [0.15, 0.2) is 0 Å². The van der Waals surface area contributed by atoms with Crippen LogP contribution < -0.4 is 5.32 Å². The fourth-order valence-electron chi connectivity index (χ4n) is 3.34. The zero-order valence-corrected chi connectivity index (χ0v) is 13.5. The molecule has 0 aromatic carbocycles. The van der Waals surface area contributed by atoms with Crippen LogP contribution in [0.25, 0.3) is 0 Å². The van der Waals surface area contributed by atoms with E-state index in [1.165, 1.54) is 0 Å². The Morgan fingerprint density at radius 2 is 1.86 bits per heavy atom. The summed E-state index contributed by atoms with van der Waals surface area (Å²) < 4.78 is 5.67. The van der Waals surface area contributed by atoms with Crippen molar-refractivity contribution in [2.24, 2.45) is 5.92 Å². The quantitative estimate of drug-likeness (QED) is 0.810. The molecule has 2 rings (SSSR count). The summed E-state index contributed by atoms with van der Waals surface area (Å²) in [6.45, 7) is 6.63. The standard InChI is InChI=1S/C17H27NO3/c1-12(2)8-11-18-15(19)14-13(3)16(20)21-17(14)9-6-4-5-7-10-17/h12H,4-11H2,1-3H3,(H,18,19). The number of hydrogen-bond donors (Lipinski definition) is 1. The molecule has 1 amide bonds. The lowest BCUT2D eigenvalue weighted by Crippen LogP contribution is -2.39. The largest absolute Gasteiger partial charge is 0.451 e. The number of carbonyl (C=O) groups is 2. The van der Waals surface area contributed by atoms with E-state index in [9.17, 15) is 9.59 Å². The van der Waals surface area contributed by atoms with Gasteiger partial charge in [0.1, 0.15) is 5.60 Å². The van der Waals surface area contributed by atoms with Gasteiger partial charge in [0.25, 0.3) is 5.91 Å². The summed E-state index contributed by atoms with van der Waals surface area (Å²) in [7, 11) is 0. The highest BCUT2D eigenvalue weighted by Gasteiger charge is 2.48. The van der Waals surface area contributed by atoms with Crippen molar-refractivity contribution < 1.29 is 14.3 Å². The average molecular weight is 293 g/mol. The molecular weight excluding hydrogens is 266 g/mol. The molecule has 0 aromatic heterocycles. The van der Waals surface area contributed by atoms with E-state index < -0.39 is 5.60 Å². The summed E-state index contributed by atoms with van der Waals surface area (Å²) in [5, 5.41) is 2.97. The molecule has 2 aliphatic rings. The molecule has 1 fully saturated rings. The highest BCUT2D eigenvalue weighted by atomic mass is 16.6. The fraction of sp³-hybridized carbons (Fsp3) is 0.765. The highest BCUT2D eigenvalue weighted by Crippen LogP contribution is 2.42. The van der Waals surface area contributed by atoms with Crippen molar-refractivity contribution in [1.82, 2.24) is 5.32 Å².